The third-order valence-electron chi connectivity index (χ3n) is 3.58. The average Bonchev–Trinajstić information content (AvgIpc) is 2.40. The molecule has 0 aliphatic carbocycles. The van der Waals surface area contributed by atoms with Crippen LogP contribution in [0.4, 0.5) is 0 Å². The summed E-state index contributed by atoms with van der Waals surface area (Å²) in [6.07, 6.45) is 4.97. The molecule has 1 saturated heterocycles. The SMILES string of the molecule is CC(N)Cc1cccc(OCCN2CCCCC2)c1. The molecule has 0 aromatic heterocycles. The second-order valence-corrected chi connectivity index (χ2v) is 5.58. The van der Waals surface area contributed by atoms with Gasteiger partial charge in [-0.1, -0.05) is 18.6 Å². The molecule has 1 aliphatic rings. The fraction of sp³-hybridized carbons (Fsp3) is 0.625. The zero-order valence-electron chi connectivity index (χ0n) is 12.0. The lowest BCUT2D eigenvalue weighted by Gasteiger charge is -2.26. The Morgan fingerprint density at radius 2 is 2.05 bits per heavy atom. The van der Waals surface area contributed by atoms with Crippen LogP contribution in [0.5, 0.6) is 5.75 Å². The van der Waals surface area contributed by atoms with Crippen molar-refractivity contribution in [2.24, 2.45) is 5.73 Å². The molecule has 3 nitrogen and oxygen atoms in total. The van der Waals surface area contributed by atoms with Crippen LogP contribution in [0.25, 0.3) is 0 Å². The van der Waals surface area contributed by atoms with Gasteiger partial charge in [0.05, 0.1) is 0 Å². The lowest BCUT2D eigenvalue weighted by molar-refractivity contribution is 0.183. The van der Waals surface area contributed by atoms with Gasteiger partial charge in [-0.15, -0.1) is 0 Å². The van der Waals surface area contributed by atoms with Gasteiger partial charge >= 0.3 is 0 Å². The molecule has 106 valence electrons. The molecule has 3 heteroatoms. The molecule has 1 aromatic carbocycles. The van der Waals surface area contributed by atoms with Crippen LogP contribution >= 0.6 is 0 Å². The lowest BCUT2D eigenvalue weighted by atomic mass is 10.1. The van der Waals surface area contributed by atoms with Crippen LogP contribution < -0.4 is 10.5 Å². The fourth-order valence-corrected chi connectivity index (χ4v) is 2.61. The first kappa shape index (κ1) is 14.4. The molecular formula is C16H26N2O. The molecule has 1 aliphatic heterocycles. The van der Waals surface area contributed by atoms with E-state index in [1.807, 2.05) is 19.1 Å². The average molecular weight is 262 g/mol. The Kier molecular flexibility index (Phi) is 5.67. The van der Waals surface area contributed by atoms with Crippen molar-refractivity contribution in [3.63, 3.8) is 0 Å². The van der Waals surface area contributed by atoms with Crippen LogP contribution in [0.3, 0.4) is 0 Å². The van der Waals surface area contributed by atoms with Crippen LogP contribution in [-0.4, -0.2) is 37.2 Å². The van der Waals surface area contributed by atoms with Crippen molar-refractivity contribution in [2.75, 3.05) is 26.2 Å². The number of benzene rings is 1. The zero-order chi connectivity index (χ0) is 13.5. The van der Waals surface area contributed by atoms with E-state index in [0.717, 1.165) is 25.3 Å². The molecule has 0 radical (unpaired) electrons. The summed E-state index contributed by atoms with van der Waals surface area (Å²) in [5.74, 6) is 0.968. The van der Waals surface area contributed by atoms with Gasteiger partial charge in [-0.3, -0.25) is 4.90 Å². The van der Waals surface area contributed by atoms with Gasteiger partial charge in [-0.2, -0.15) is 0 Å². The molecule has 2 N–H and O–H groups in total. The summed E-state index contributed by atoms with van der Waals surface area (Å²) in [6.45, 7) is 6.31. The maximum Gasteiger partial charge on any atom is 0.119 e. The minimum absolute atomic E-state index is 0.198. The predicted molar refractivity (Wildman–Crippen MR) is 79.6 cm³/mol. The Hall–Kier alpha value is -1.06. The van der Waals surface area contributed by atoms with Gasteiger partial charge in [0, 0.05) is 12.6 Å². The number of nitrogens with zero attached hydrogens (tertiary/aromatic N) is 1. The van der Waals surface area contributed by atoms with Crippen molar-refractivity contribution in [3.8, 4) is 5.75 Å². The standard InChI is InChI=1S/C16H26N2O/c1-14(17)12-15-6-5-7-16(13-15)19-11-10-18-8-3-2-4-9-18/h5-7,13-14H,2-4,8-12,17H2,1H3. The van der Waals surface area contributed by atoms with Gasteiger partial charge in [0.15, 0.2) is 0 Å². The Bertz CT molecular complexity index is 373. The summed E-state index contributed by atoms with van der Waals surface area (Å²) in [4.78, 5) is 2.50. The first-order valence-electron chi connectivity index (χ1n) is 7.44. The highest BCUT2D eigenvalue weighted by molar-refractivity contribution is 5.29. The third-order valence-corrected chi connectivity index (χ3v) is 3.58. The van der Waals surface area contributed by atoms with Gasteiger partial charge in [0.25, 0.3) is 0 Å². The minimum atomic E-state index is 0.198. The zero-order valence-corrected chi connectivity index (χ0v) is 12.0. The van der Waals surface area contributed by atoms with E-state index in [1.165, 1.54) is 37.9 Å². The van der Waals surface area contributed by atoms with Crippen LogP contribution in [0, 0.1) is 0 Å². The first-order valence-corrected chi connectivity index (χ1v) is 7.44. The van der Waals surface area contributed by atoms with Gasteiger partial charge in [-0.25, -0.2) is 0 Å². The van der Waals surface area contributed by atoms with E-state index in [1.54, 1.807) is 0 Å². The Morgan fingerprint density at radius 1 is 1.26 bits per heavy atom. The number of piperidine rings is 1. The summed E-state index contributed by atoms with van der Waals surface area (Å²) in [6, 6.07) is 8.50. The number of rotatable bonds is 6. The summed E-state index contributed by atoms with van der Waals surface area (Å²) in [5, 5.41) is 0. The van der Waals surface area contributed by atoms with Gasteiger partial charge in [0.1, 0.15) is 12.4 Å². The molecule has 2 rings (SSSR count). The van der Waals surface area contributed by atoms with E-state index < -0.39 is 0 Å². The van der Waals surface area contributed by atoms with Crippen LogP contribution in [-0.2, 0) is 6.42 Å². The van der Waals surface area contributed by atoms with Crippen LogP contribution in [0.1, 0.15) is 31.7 Å². The summed E-state index contributed by atoms with van der Waals surface area (Å²) < 4.78 is 5.85. The monoisotopic (exact) mass is 262 g/mol. The van der Waals surface area contributed by atoms with E-state index in [2.05, 4.69) is 17.0 Å². The number of ether oxygens (including phenoxy) is 1. The van der Waals surface area contributed by atoms with Crippen molar-refractivity contribution < 1.29 is 4.74 Å². The number of likely N-dealkylation sites (tertiary alicyclic amines) is 1. The molecule has 19 heavy (non-hydrogen) atoms. The van der Waals surface area contributed by atoms with Crippen LogP contribution in [0.2, 0.25) is 0 Å². The van der Waals surface area contributed by atoms with Crippen molar-refractivity contribution >= 4 is 0 Å². The topological polar surface area (TPSA) is 38.5 Å². The van der Waals surface area contributed by atoms with Gasteiger partial charge in [-0.05, 0) is 57.0 Å². The normalized spacial score (nSPS) is 18.2. The fourth-order valence-electron chi connectivity index (χ4n) is 2.61. The largest absolute Gasteiger partial charge is 0.492 e. The number of hydrogen-bond acceptors (Lipinski definition) is 3. The summed E-state index contributed by atoms with van der Waals surface area (Å²) in [7, 11) is 0. The highest BCUT2D eigenvalue weighted by atomic mass is 16.5. The Labute approximate surface area is 116 Å². The molecule has 0 bridgehead atoms. The number of hydrogen-bond donors (Lipinski definition) is 1. The smallest absolute Gasteiger partial charge is 0.119 e. The van der Waals surface area contributed by atoms with E-state index >= 15 is 0 Å². The van der Waals surface area contributed by atoms with Crippen molar-refractivity contribution in [1.82, 2.24) is 4.90 Å². The van der Waals surface area contributed by atoms with Crippen molar-refractivity contribution in [2.45, 2.75) is 38.6 Å². The first-order chi connectivity index (χ1) is 9.24. The van der Waals surface area contributed by atoms with E-state index in [-0.39, 0.29) is 6.04 Å². The highest BCUT2D eigenvalue weighted by Crippen LogP contribution is 2.15. The molecule has 1 atom stereocenters. The van der Waals surface area contributed by atoms with Crippen molar-refractivity contribution in [3.05, 3.63) is 29.8 Å². The molecule has 1 unspecified atom stereocenters. The number of nitrogens with two attached hydrogens (primary N) is 1. The van der Waals surface area contributed by atoms with Crippen LogP contribution in [0.15, 0.2) is 24.3 Å². The molecular weight excluding hydrogens is 236 g/mol. The van der Waals surface area contributed by atoms with E-state index in [4.69, 9.17) is 10.5 Å². The van der Waals surface area contributed by atoms with Gasteiger partial charge in [0.2, 0.25) is 0 Å². The minimum Gasteiger partial charge on any atom is -0.492 e. The summed E-state index contributed by atoms with van der Waals surface area (Å²) >= 11 is 0. The maximum absolute atomic E-state index is 5.85. The van der Waals surface area contributed by atoms with Crippen molar-refractivity contribution in [1.29, 1.82) is 0 Å². The quantitative estimate of drug-likeness (QED) is 0.856. The predicted octanol–water partition coefficient (Wildman–Crippen LogP) is 2.44. The Morgan fingerprint density at radius 3 is 2.79 bits per heavy atom. The highest BCUT2D eigenvalue weighted by Gasteiger charge is 2.09. The van der Waals surface area contributed by atoms with E-state index in [9.17, 15) is 0 Å². The second-order valence-electron chi connectivity index (χ2n) is 5.58. The molecule has 1 aromatic rings. The van der Waals surface area contributed by atoms with E-state index in [0.29, 0.717) is 0 Å². The maximum atomic E-state index is 5.85. The summed E-state index contributed by atoms with van der Waals surface area (Å²) in [5.41, 5.74) is 7.08. The molecule has 0 saturated carbocycles. The lowest BCUT2D eigenvalue weighted by Crippen LogP contribution is -2.33. The third kappa shape index (κ3) is 5.21. The molecule has 0 spiro atoms. The molecule has 1 heterocycles. The van der Waals surface area contributed by atoms with Gasteiger partial charge < -0.3 is 10.5 Å². The molecule has 0 amide bonds. The molecule has 1 fully saturated rings. The second kappa shape index (κ2) is 7.51. The Balaban J connectivity index is 1.75.